The first-order valence-corrected chi connectivity index (χ1v) is 8.91. The van der Waals surface area contributed by atoms with E-state index in [0.717, 1.165) is 5.76 Å². The molecule has 2 amide bonds. The molecule has 0 spiro atoms. The third-order valence-corrected chi connectivity index (χ3v) is 4.50. The maximum Gasteiger partial charge on any atom is 0.289 e. The summed E-state index contributed by atoms with van der Waals surface area (Å²) < 4.78 is 10.4. The molecule has 4 heterocycles. The Balaban J connectivity index is 1.34. The van der Waals surface area contributed by atoms with Gasteiger partial charge >= 0.3 is 0 Å². The average Bonchev–Trinajstić information content (AvgIpc) is 3.46. The number of nitrogens with one attached hydrogen (secondary N) is 1. The van der Waals surface area contributed by atoms with Crippen molar-refractivity contribution in [1.82, 2.24) is 19.8 Å². The third-order valence-electron chi connectivity index (χ3n) is 4.50. The molecule has 144 valence electrons. The van der Waals surface area contributed by atoms with Crippen LogP contribution in [0.5, 0.6) is 0 Å². The number of carbonyl (C=O) groups excluding carboxylic acids is 2. The minimum absolute atomic E-state index is 0.163. The van der Waals surface area contributed by atoms with Crippen molar-refractivity contribution in [3.63, 3.8) is 0 Å². The molecule has 9 heteroatoms. The normalized spacial score (nSPS) is 14.1. The number of piperazine rings is 1. The first-order chi connectivity index (χ1) is 13.7. The predicted molar refractivity (Wildman–Crippen MR) is 98.6 cm³/mol. The van der Waals surface area contributed by atoms with E-state index in [1.54, 1.807) is 34.3 Å². The van der Waals surface area contributed by atoms with Gasteiger partial charge in [-0.25, -0.2) is 9.97 Å². The van der Waals surface area contributed by atoms with Gasteiger partial charge in [-0.05, 0) is 24.3 Å². The minimum Gasteiger partial charge on any atom is -0.467 e. The van der Waals surface area contributed by atoms with Crippen molar-refractivity contribution in [2.24, 2.45) is 0 Å². The molecule has 0 aromatic carbocycles. The zero-order valence-corrected chi connectivity index (χ0v) is 15.1. The van der Waals surface area contributed by atoms with Crippen molar-refractivity contribution in [2.45, 2.75) is 6.54 Å². The summed E-state index contributed by atoms with van der Waals surface area (Å²) in [6, 6.07) is 8.59. The molecule has 0 aliphatic carbocycles. The first kappa shape index (κ1) is 17.8. The molecule has 3 aromatic heterocycles. The van der Waals surface area contributed by atoms with Crippen molar-refractivity contribution in [3.05, 3.63) is 66.4 Å². The summed E-state index contributed by atoms with van der Waals surface area (Å²) in [4.78, 5) is 36.7. The molecule has 1 aliphatic rings. The molecule has 0 saturated carbocycles. The van der Waals surface area contributed by atoms with Crippen LogP contribution in [0.1, 0.15) is 26.8 Å². The minimum atomic E-state index is -0.187. The van der Waals surface area contributed by atoms with E-state index in [9.17, 15) is 9.59 Å². The lowest BCUT2D eigenvalue weighted by Crippen LogP contribution is -2.50. The lowest BCUT2D eigenvalue weighted by atomic mass is 10.2. The highest BCUT2D eigenvalue weighted by Gasteiger charge is 2.27. The molecule has 1 aliphatic heterocycles. The predicted octanol–water partition coefficient (Wildman–Crippen LogP) is 1.87. The molecule has 1 saturated heterocycles. The van der Waals surface area contributed by atoms with Crippen molar-refractivity contribution < 1.29 is 18.4 Å². The second kappa shape index (κ2) is 7.95. The molecule has 4 rings (SSSR count). The number of furan rings is 2. The highest BCUT2D eigenvalue weighted by Crippen LogP contribution is 2.13. The Bertz CT molecular complexity index is 931. The van der Waals surface area contributed by atoms with Gasteiger partial charge in [-0.15, -0.1) is 0 Å². The van der Waals surface area contributed by atoms with E-state index in [1.807, 2.05) is 12.1 Å². The van der Waals surface area contributed by atoms with Crippen LogP contribution in [0.15, 0.2) is 58.0 Å². The van der Waals surface area contributed by atoms with Crippen LogP contribution >= 0.6 is 0 Å². The van der Waals surface area contributed by atoms with Crippen molar-refractivity contribution >= 4 is 17.6 Å². The Labute approximate surface area is 161 Å². The lowest BCUT2D eigenvalue weighted by molar-refractivity contribution is 0.0515. The van der Waals surface area contributed by atoms with Crippen LogP contribution in [0.3, 0.4) is 0 Å². The molecule has 0 radical (unpaired) electrons. The molecule has 9 nitrogen and oxygen atoms in total. The Morgan fingerprint density at radius 1 is 0.964 bits per heavy atom. The van der Waals surface area contributed by atoms with E-state index in [1.165, 1.54) is 12.6 Å². The van der Waals surface area contributed by atoms with Gasteiger partial charge in [-0.1, -0.05) is 0 Å². The number of carbonyl (C=O) groups is 2. The number of anilines is 1. The van der Waals surface area contributed by atoms with E-state index >= 15 is 0 Å². The van der Waals surface area contributed by atoms with Gasteiger partial charge in [0.25, 0.3) is 11.8 Å². The third kappa shape index (κ3) is 3.88. The Morgan fingerprint density at radius 2 is 1.68 bits per heavy atom. The number of nitrogens with zero attached hydrogens (tertiary/aromatic N) is 4. The Hall–Kier alpha value is -3.62. The quantitative estimate of drug-likeness (QED) is 0.719. The summed E-state index contributed by atoms with van der Waals surface area (Å²) >= 11 is 0. The number of rotatable bonds is 5. The monoisotopic (exact) mass is 381 g/mol. The second-order valence-corrected chi connectivity index (χ2v) is 6.28. The van der Waals surface area contributed by atoms with E-state index in [-0.39, 0.29) is 11.8 Å². The number of hydrogen-bond acceptors (Lipinski definition) is 7. The summed E-state index contributed by atoms with van der Waals surface area (Å²) in [5.41, 5.74) is 0.308. The molecule has 28 heavy (non-hydrogen) atoms. The maximum absolute atomic E-state index is 12.8. The highest BCUT2D eigenvalue weighted by atomic mass is 16.3. The van der Waals surface area contributed by atoms with Crippen molar-refractivity contribution in [1.29, 1.82) is 0 Å². The van der Waals surface area contributed by atoms with E-state index in [2.05, 4.69) is 15.3 Å². The van der Waals surface area contributed by atoms with Gasteiger partial charge in [0.05, 0.1) is 19.1 Å². The molecular weight excluding hydrogens is 362 g/mol. The van der Waals surface area contributed by atoms with Gasteiger partial charge in [0.2, 0.25) is 0 Å². The van der Waals surface area contributed by atoms with Crippen LogP contribution in [0.25, 0.3) is 0 Å². The van der Waals surface area contributed by atoms with Crippen LogP contribution in [-0.4, -0.2) is 57.8 Å². The SMILES string of the molecule is O=C(c1cc(NCc2ccco2)ncn1)N1CCN(C(=O)c2ccco2)CC1. The zero-order valence-electron chi connectivity index (χ0n) is 15.1. The first-order valence-electron chi connectivity index (χ1n) is 8.91. The molecule has 0 bridgehead atoms. The van der Waals surface area contributed by atoms with Gasteiger partial charge in [0.1, 0.15) is 23.6 Å². The summed E-state index contributed by atoms with van der Waals surface area (Å²) in [5, 5.41) is 3.10. The average molecular weight is 381 g/mol. The van der Waals surface area contributed by atoms with E-state index < -0.39 is 0 Å². The smallest absolute Gasteiger partial charge is 0.289 e. The topological polar surface area (TPSA) is 105 Å². The summed E-state index contributed by atoms with van der Waals surface area (Å²) in [6.45, 7) is 2.22. The van der Waals surface area contributed by atoms with E-state index in [4.69, 9.17) is 8.83 Å². The fourth-order valence-corrected chi connectivity index (χ4v) is 2.99. The number of hydrogen-bond donors (Lipinski definition) is 1. The lowest BCUT2D eigenvalue weighted by Gasteiger charge is -2.34. The van der Waals surface area contributed by atoms with Crippen LogP contribution in [0.4, 0.5) is 5.82 Å². The van der Waals surface area contributed by atoms with Crippen molar-refractivity contribution in [3.8, 4) is 0 Å². The van der Waals surface area contributed by atoms with Crippen LogP contribution < -0.4 is 5.32 Å². The zero-order chi connectivity index (χ0) is 19.3. The molecule has 3 aromatic rings. The van der Waals surface area contributed by atoms with Gasteiger partial charge in [0.15, 0.2) is 5.76 Å². The van der Waals surface area contributed by atoms with Crippen molar-refractivity contribution in [2.75, 3.05) is 31.5 Å². The van der Waals surface area contributed by atoms with Gasteiger partial charge in [-0.2, -0.15) is 0 Å². The summed E-state index contributed by atoms with van der Waals surface area (Å²) in [7, 11) is 0. The fraction of sp³-hybridized carbons (Fsp3) is 0.263. The molecule has 0 unspecified atom stereocenters. The van der Waals surface area contributed by atoms with Gasteiger partial charge in [-0.3, -0.25) is 9.59 Å². The second-order valence-electron chi connectivity index (χ2n) is 6.28. The number of amides is 2. The highest BCUT2D eigenvalue weighted by molar-refractivity contribution is 5.94. The van der Waals surface area contributed by atoms with Gasteiger partial charge < -0.3 is 24.0 Å². The van der Waals surface area contributed by atoms with E-state index in [0.29, 0.717) is 50.0 Å². The molecule has 1 N–H and O–H groups in total. The summed E-state index contributed by atoms with van der Waals surface area (Å²) in [5.74, 6) is 1.27. The van der Waals surface area contributed by atoms with Gasteiger partial charge in [0, 0.05) is 32.2 Å². The van der Waals surface area contributed by atoms with Crippen LogP contribution in [0, 0.1) is 0 Å². The molecule has 0 atom stereocenters. The molecule has 1 fully saturated rings. The largest absolute Gasteiger partial charge is 0.467 e. The standard InChI is InChI=1S/C19H19N5O4/c25-18(15-11-17(22-13-21-15)20-12-14-3-1-9-27-14)23-5-7-24(8-6-23)19(26)16-4-2-10-28-16/h1-4,9-11,13H,5-8,12H2,(H,20,21,22). The van der Waals surface area contributed by atoms with Crippen LogP contribution in [-0.2, 0) is 6.54 Å². The summed E-state index contributed by atoms with van der Waals surface area (Å²) in [6.07, 6.45) is 4.43. The van der Waals surface area contributed by atoms with Crippen LogP contribution in [0.2, 0.25) is 0 Å². The fourth-order valence-electron chi connectivity index (χ4n) is 2.99. The Kier molecular flexibility index (Phi) is 5.05. The Morgan fingerprint density at radius 3 is 2.36 bits per heavy atom. The number of aromatic nitrogens is 2. The molecular formula is C19H19N5O4. The maximum atomic E-state index is 12.8.